The van der Waals surface area contributed by atoms with Gasteiger partial charge in [-0.15, -0.1) is 11.3 Å². The summed E-state index contributed by atoms with van der Waals surface area (Å²) in [5.74, 6) is 0. The molecule has 0 atom stereocenters. The number of hydrogen-bond acceptors (Lipinski definition) is 4. The van der Waals surface area contributed by atoms with Crippen molar-refractivity contribution in [3.05, 3.63) is 170 Å². The summed E-state index contributed by atoms with van der Waals surface area (Å²) in [6.07, 6.45) is 3.63. The molecule has 0 amide bonds. The van der Waals surface area contributed by atoms with Crippen LogP contribution in [0.3, 0.4) is 0 Å². The second-order valence-electron chi connectivity index (χ2n) is 12.5. The third-order valence-corrected chi connectivity index (χ3v) is 10.6. The molecule has 5 heteroatoms. The summed E-state index contributed by atoms with van der Waals surface area (Å²) in [7, 11) is 0. The van der Waals surface area contributed by atoms with E-state index in [2.05, 4.69) is 136 Å². The molecular formula is C45H28N4S. The average Bonchev–Trinajstić information content (AvgIpc) is 3.74. The van der Waals surface area contributed by atoms with Crippen molar-refractivity contribution in [2.24, 2.45) is 0 Å². The molecular weight excluding hydrogens is 629 g/mol. The van der Waals surface area contributed by atoms with E-state index in [4.69, 9.17) is 4.98 Å². The summed E-state index contributed by atoms with van der Waals surface area (Å²) in [5, 5.41) is 5.03. The van der Waals surface area contributed by atoms with Gasteiger partial charge in [0.2, 0.25) is 0 Å². The van der Waals surface area contributed by atoms with Crippen LogP contribution in [0.1, 0.15) is 0 Å². The molecule has 4 nitrogen and oxygen atoms in total. The van der Waals surface area contributed by atoms with Crippen molar-refractivity contribution in [2.45, 2.75) is 0 Å². The molecule has 0 aliphatic rings. The van der Waals surface area contributed by atoms with Crippen LogP contribution in [-0.2, 0) is 0 Å². The van der Waals surface area contributed by atoms with Gasteiger partial charge in [0.25, 0.3) is 0 Å². The zero-order valence-corrected chi connectivity index (χ0v) is 27.7. The molecule has 0 unspecified atom stereocenters. The molecule has 0 radical (unpaired) electrons. The monoisotopic (exact) mass is 656 g/mol. The predicted molar refractivity (Wildman–Crippen MR) is 209 cm³/mol. The minimum Gasteiger partial charge on any atom is -0.309 e. The fraction of sp³-hybridized carbons (Fsp3) is 0. The highest BCUT2D eigenvalue weighted by Gasteiger charge is 2.20. The third-order valence-electron chi connectivity index (χ3n) is 9.50. The smallest absolute Gasteiger partial charge is 0.0915 e. The maximum absolute atomic E-state index is 5.08. The number of nitrogens with zero attached hydrogens (tertiary/aromatic N) is 4. The molecule has 50 heavy (non-hydrogen) atoms. The molecule has 5 aromatic carbocycles. The Morgan fingerprint density at radius 1 is 0.400 bits per heavy atom. The summed E-state index contributed by atoms with van der Waals surface area (Å²) < 4.78 is 4.95. The van der Waals surface area contributed by atoms with Crippen LogP contribution in [0.4, 0.5) is 0 Å². The standard InChI is InChI=1S/C45H28N4S/c1-3-11-29(12-4-1)31-17-19-40-34(25-31)44-41(20-22-43-45(44)35-26-32(18-21-42(35)50-43)30-13-5-2-6-14-30)49(40)33-27-38(36-15-7-9-23-46-36)48-39(28-33)37-16-8-10-24-47-37/h1-28H. The second kappa shape index (κ2) is 11.6. The van der Waals surface area contributed by atoms with Crippen LogP contribution in [0.15, 0.2) is 170 Å². The first-order chi connectivity index (χ1) is 24.8. The van der Waals surface area contributed by atoms with Crippen LogP contribution in [0.25, 0.3) is 92.7 Å². The first kappa shape index (κ1) is 28.6. The Labute approximate surface area is 292 Å². The quantitative estimate of drug-likeness (QED) is 0.185. The van der Waals surface area contributed by atoms with Crippen molar-refractivity contribution < 1.29 is 0 Å². The van der Waals surface area contributed by atoms with Crippen molar-refractivity contribution in [3.63, 3.8) is 0 Å². The second-order valence-corrected chi connectivity index (χ2v) is 13.6. The van der Waals surface area contributed by atoms with Crippen molar-refractivity contribution >= 4 is 53.3 Å². The van der Waals surface area contributed by atoms with E-state index in [9.17, 15) is 0 Å². The number of aromatic nitrogens is 4. The van der Waals surface area contributed by atoms with E-state index >= 15 is 0 Å². The number of benzene rings is 5. The van der Waals surface area contributed by atoms with E-state index in [1.807, 2.05) is 60.1 Å². The van der Waals surface area contributed by atoms with Crippen molar-refractivity contribution in [3.8, 4) is 50.7 Å². The summed E-state index contributed by atoms with van der Waals surface area (Å²) in [4.78, 5) is 14.5. The van der Waals surface area contributed by atoms with Gasteiger partial charge in [0.1, 0.15) is 0 Å². The molecule has 0 aliphatic carbocycles. The van der Waals surface area contributed by atoms with Crippen LogP contribution in [0.2, 0.25) is 0 Å². The normalized spacial score (nSPS) is 11.6. The minimum atomic E-state index is 0.800. The van der Waals surface area contributed by atoms with Crippen LogP contribution < -0.4 is 0 Å². The van der Waals surface area contributed by atoms with Crippen LogP contribution in [-0.4, -0.2) is 19.5 Å². The van der Waals surface area contributed by atoms with Gasteiger partial charge in [-0.25, -0.2) is 4.98 Å². The molecule has 0 saturated heterocycles. The Bertz CT molecular complexity index is 2780. The Morgan fingerprint density at radius 2 is 0.960 bits per heavy atom. The highest BCUT2D eigenvalue weighted by atomic mass is 32.1. The summed E-state index contributed by atoms with van der Waals surface area (Å²) in [6.45, 7) is 0. The van der Waals surface area contributed by atoms with Crippen LogP contribution in [0, 0.1) is 0 Å². The summed E-state index contributed by atoms with van der Waals surface area (Å²) in [6, 6.07) is 55.9. The number of pyridine rings is 3. The lowest BCUT2D eigenvalue weighted by molar-refractivity contribution is 1.14. The maximum atomic E-state index is 5.08. The Morgan fingerprint density at radius 3 is 1.58 bits per heavy atom. The minimum absolute atomic E-state index is 0.800. The SMILES string of the molecule is c1ccc(-c2ccc3sc4ccc5c(c6cc(-c7ccccc7)ccc6n5-c5cc(-c6ccccn6)nc(-c6ccccn6)c5)c4c3c2)cc1. The molecule has 0 bridgehead atoms. The molecule has 5 heterocycles. The lowest BCUT2D eigenvalue weighted by Crippen LogP contribution is -1.99. The molecule has 5 aromatic heterocycles. The number of rotatable bonds is 5. The van der Waals surface area contributed by atoms with Gasteiger partial charge in [-0.1, -0.05) is 84.9 Å². The fourth-order valence-corrected chi connectivity index (χ4v) is 8.31. The number of thiophene rings is 1. The zero-order chi connectivity index (χ0) is 33.0. The van der Waals surface area contributed by atoms with E-state index in [0.717, 1.165) is 39.5 Å². The lowest BCUT2D eigenvalue weighted by atomic mass is 9.99. The molecule has 0 N–H and O–H groups in total. The fourth-order valence-electron chi connectivity index (χ4n) is 7.21. The van der Waals surface area contributed by atoms with E-state index in [1.165, 1.54) is 53.2 Å². The van der Waals surface area contributed by atoms with E-state index < -0.39 is 0 Å². The lowest BCUT2D eigenvalue weighted by Gasteiger charge is -2.13. The van der Waals surface area contributed by atoms with Gasteiger partial charge in [-0.2, -0.15) is 0 Å². The van der Waals surface area contributed by atoms with Crippen molar-refractivity contribution in [2.75, 3.05) is 0 Å². The van der Waals surface area contributed by atoms with Crippen molar-refractivity contribution in [1.29, 1.82) is 0 Å². The van der Waals surface area contributed by atoms with Gasteiger partial charge < -0.3 is 4.57 Å². The zero-order valence-electron chi connectivity index (χ0n) is 26.9. The third kappa shape index (κ3) is 4.71. The largest absolute Gasteiger partial charge is 0.309 e. The summed E-state index contributed by atoms with van der Waals surface area (Å²) in [5.41, 5.74) is 11.4. The van der Waals surface area contributed by atoms with Gasteiger partial charge in [0.05, 0.1) is 39.5 Å². The molecule has 0 spiro atoms. The molecule has 0 fully saturated rings. The first-order valence-electron chi connectivity index (χ1n) is 16.7. The molecule has 10 aromatic rings. The topological polar surface area (TPSA) is 43.6 Å². The predicted octanol–water partition coefficient (Wildman–Crippen LogP) is 12.0. The highest BCUT2D eigenvalue weighted by molar-refractivity contribution is 7.26. The Balaban J connectivity index is 1.32. The average molecular weight is 657 g/mol. The van der Waals surface area contributed by atoms with Crippen LogP contribution in [0.5, 0.6) is 0 Å². The van der Waals surface area contributed by atoms with E-state index in [-0.39, 0.29) is 0 Å². The van der Waals surface area contributed by atoms with Gasteiger partial charge in [0, 0.05) is 43.3 Å². The Kier molecular flexibility index (Phi) is 6.64. The number of hydrogen-bond donors (Lipinski definition) is 0. The first-order valence-corrected chi connectivity index (χ1v) is 17.5. The van der Waals surface area contributed by atoms with Gasteiger partial charge in [-0.3, -0.25) is 9.97 Å². The van der Waals surface area contributed by atoms with E-state index in [0.29, 0.717) is 0 Å². The van der Waals surface area contributed by atoms with Crippen LogP contribution >= 0.6 is 11.3 Å². The Hall–Kier alpha value is -6.43. The molecule has 234 valence electrons. The van der Waals surface area contributed by atoms with Gasteiger partial charge in [-0.05, 0) is 95.1 Å². The highest BCUT2D eigenvalue weighted by Crippen LogP contribution is 2.45. The molecule has 0 aliphatic heterocycles. The molecule has 0 saturated carbocycles. The van der Waals surface area contributed by atoms with Gasteiger partial charge >= 0.3 is 0 Å². The molecule has 10 rings (SSSR count). The van der Waals surface area contributed by atoms with Gasteiger partial charge in [0.15, 0.2) is 0 Å². The van der Waals surface area contributed by atoms with E-state index in [1.54, 1.807) is 0 Å². The summed E-state index contributed by atoms with van der Waals surface area (Å²) >= 11 is 1.86. The van der Waals surface area contributed by atoms with Crippen molar-refractivity contribution in [1.82, 2.24) is 19.5 Å². The number of fused-ring (bicyclic) bond motifs is 7. The maximum Gasteiger partial charge on any atom is 0.0915 e.